The van der Waals surface area contributed by atoms with Gasteiger partial charge in [0.15, 0.2) is 0 Å². The Morgan fingerprint density at radius 1 is 1.08 bits per heavy atom. The van der Waals surface area contributed by atoms with Gasteiger partial charge in [0.05, 0.1) is 0 Å². The molecule has 0 unspecified atom stereocenters. The van der Waals surface area contributed by atoms with Gasteiger partial charge in [0.2, 0.25) is 0 Å². The fourth-order valence-electron chi connectivity index (χ4n) is 5.22. The zero-order valence-electron chi connectivity index (χ0n) is 15.7. The van der Waals surface area contributed by atoms with Crippen LogP contribution in [0.25, 0.3) is 6.08 Å². The van der Waals surface area contributed by atoms with Crippen LogP contribution in [0.3, 0.4) is 0 Å². The lowest BCUT2D eigenvalue weighted by molar-refractivity contribution is -0.158. The SMILES string of the molecule is Cc1ccc([C@H]2[C@@H]3CCC[C@@]2(CCC/C=C/c2ccccc2)C3=O)cc1. The summed E-state index contributed by atoms with van der Waals surface area (Å²) in [4.78, 5) is 12.9. The van der Waals surface area contributed by atoms with Crippen molar-refractivity contribution in [1.82, 2.24) is 0 Å². The van der Waals surface area contributed by atoms with E-state index in [0.29, 0.717) is 11.7 Å². The van der Waals surface area contributed by atoms with E-state index in [0.717, 1.165) is 32.1 Å². The standard InChI is InChI=1S/C25H28O/c1-19-13-15-21(16-14-19)23-22-12-8-18-25(23,24(22)26)17-7-3-6-11-20-9-4-2-5-10-20/h2,4-6,9-11,13-16,22-23H,3,7-8,12,17-18H2,1H3/b11-6+/t22-,23-,25+/m0/s1. The van der Waals surface area contributed by atoms with Gasteiger partial charge in [0.1, 0.15) is 5.78 Å². The first-order valence-electron chi connectivity index (χ1n) is 10.0. The highest BCUT2D eigenvalue weighted by atomic mass is 16.1. The largest absolute Gasteiger partial charge is 0.299 e. The molecule has 2 saturated carbocycles. The van der Waals surface area contributed by atoms with Crippen LogP contribution in [0.4, 0.5) is 0 Å². The zero-order chi connectivity index (χ0) is 18.0. The van der Waals surface area contributed by atoms with Gasteiger partial charge in [0.25, 0.3) is 0 Å². The van der Waals surface area contributed by atoms with Gasteiger partial charge >= 0.3 is 0 Å². The van der Waals surface area contributed by atoms with Crippen molar-refractivity contribution >= 4 is 11.9 Å². The Hall–Kier alpha value is -2.15. The fourth-order valence-corrected chi connectivity index (χ4v) is 5.22. The Morgan fingerprint density at radius 2 is 1.85 bits per heavy atom. The number of carbonyl (C=O) groups is 1. The summed E-state index contributed by atoms with van der Waals surface area (Å²) in [6.07, 6.45) is 11.0. The van der Waals surface area contributed by atoms with Crippen molar-refractivity contribution in [3.05, 3.63) is 77.4 Å². The second-order valence-electron chi connectivity index (χ2n) is 8.11. The van der Waals surface area contributed by atoms with Crippen molar-refractivity contribution < 1.29 is 4.79 Å². The molecule has 2 bridgehead atoms. The van der Waals surface area contributed by atoms with Crippen LogP contribution in [0.2, 0.25) is 0 Å². The summed E-state index contributed by atoms with van der Waals surface area (Å²) in [6, 6.07) is 19.4. The number of rotatable bonds is 6. The molecule has 0 radical (unpaired) electrons. The third-order valence-electron chi connectivity index (χ3n) is 6.50. The number of hydrogen-bond donors (Lipinski definition) is 0. The lowest BCUT2D eigenvalue weighted by Crippen LogP contribution is -2.58. The fraction of sp³-hybridized carbons (Fsp3) is 0.400. The summed E-state index contributed by atoms with van der Waals surface area (Å²) in [5.74, 6) is 1.30. The van der Waals surface area contributed by atoms with Crippen LogP contribution in [0, 0.1) is 18.3 Å². The highest BCUT2D eigenvalue weighted by Crippen LogP contribution is 2.64. The van der Waals surface area contributed by atoms with E-state index in [1.54, 1.807) is 0 Å². The first kappa shape index (κ1) is 17.3. The maximum Gasteiger partial charge on any atom is 0.143 e. The summed E-state index contributed by atoms with van der Waals surface area (Å²) < 4.78 is 0. The normalized spacial score (nSPS) is 27.5. The molecule has 1 heteroatoms. The van der Waals surface area contributed by atoms with Gasteiger partial charge in [-0.3, -0.25) is 4.79 Å². The van der Waals surface area contributed by atoms with E-state index in [-0.39, 0.29) is 11.3 Å². The Balaban J connectivity index is 1.42. The molecule has 0 heterocycles. The minimum Gasteiger partial charge on any atom is -0.299 e. The number of unbranched alkanes of at least 4 members (excludes halogenated alkanes) is 1. The van der Waals surface area contributed by atoms with E-state index in [9.17, 15) is 4.79 Å². The van der Waals surface area contributed by atoms with Crippen molar-refractivity contribution in [2.45, 2.75) is 51.4 Å². The van der Waals surface area contributed by atoms with Crippen LogP contribution in [0.15, 0.2) is 60.7 Å². The molecule has 0 aliphatic heterocycles. The number of allylic oxidation sites excluding steroid dienone is 1. The van der Waals surface area contributed by atoms with Crippen molar-refractivity contribution in [3.63, 3.8) is 0 Å². The van der Waals surface area contributed by atoms with Gasteiger partial charge in [-0.1, -0.05) is 78.7 Å². The van der Waals surface area contributed by atoms with Crippen LogP contribution in [-0.2, 0) is 4.79 Å². The van der Waals surface area contributed by atoms with Crippen LogP contribution in [-0.4, -0.2) is 5.78 Å². The second kappa shape index (κ2) is 7.23. The van der Waals surface area contributed by atoms with Crippen molar-refractivity contribution in [3.8, 4) is 0 Å². The van der Waals surface area contributed by atoms with Gasteiger partial charge in [-0.2, -0.15) is 0 Å². The summed E-state index contributed by atoms with van der Waals surface area (Å²) >= 11 is 0. The first-order chi connectivity index (χ1) is 12.7. The number of Topliss-reactive ketones (excluding diaryl/α,β-unsaturated/α-hetero) is 1. The van der Waals surface area contributed by atoms with E-state index < -0.39 is 0 Å². The quantitative estimate of drug-likeness (QED) is 0.559. The van der Waals surface area contributed by atoms with Crippen LogP contribution >= 0.6 is 0 Å². The number of hydrogen-bond acceptors (Lipinski definition) is 1. The van der Waals surface area contributed by atoms with E-state index in [2.05, 4.69) is 67.6 Å². The maximum atomic E-state index is 12.9. The monoisotopic (exact) mass is 344 g/mol. The molecule has 0 aromatic heterocycles. The first-order valence-corrected chi connectivity index (χ1v) is 10.0. The van der Waals surface area contributed by atoms with Gasteiger partial charge in [-0.25, -0.2) is 0 Å². The molecule has 0 amide bonds. The Kier molecular flexibility index (Phi) is 4.80. The van der Waals surface area contributed by atoms with E-state index in [1.165, 1.54) is 23.1 Å². The molecule has 2 aromatic carbocycles. The molecule has 4 rings (SSSR count). The summed E-state index contributed by atoms with van der Waals surface area (Å²) in [5, 5.41) is 0. The topological polar surface area (TPSA) is 17.1 Å². The number of carbonyl (C=O) groups excluding carboxylic acids is 1. The summed E-state index contributed by atoms with van der Waals surface area (Å²) in [5.41, 5.74) is 3.86. The predicted octanol–water partition coefficient (Wildman–Crippen LogP) is 6.33. The maximum absolute atomic E-state index is 12.9. The molecule has 2 aromatic rings. The van der Waals surface area contributed by atoms with Gasteiger partial charge < -0.3 is 0 Å². The minimum absolute atomic E-state index is 0.0707. The van der Waals surface area contributed by atoms with E-state index in [4.69, 9.17) is 0 Å². The highest BCUT2D eigenvalue weighted by Gasteiger charge is 2.62. The Morgan fingerprint density at radius 3 is 2.58 bits per heavy atom. The predicted molar refractivity (Wildman–Crippen MR) is 108 cm³/mol. The molecular formula is C25H28O. The minimum atomic E-state index is -0.0707. The lowest BCUT2D eigenvalue weighted by Gasteiger charge is -2.58. The molecule has 2 fully saturated rings. The highest BCUT2D eigenvalue weighted by molar-refractivity contribution is 5.96. The summed E-state index contributed by atoms with van der Waals surface area (Å²) in [6.45, 7) is 2.13. The molecule has 0 spiro atoms. The molecule has 0 saturated heterocycles. The lowest BCUT2D eigenvalue weighted by atomic mass is 9.43. The number of aryl methyl sites for hydroxylation is 1. The van der Waals surface area contributed by atoms with Crippen molar-refractivity contribution in [2.75, 3.05) is 0 Å². The van der Waals surface area contributed by atoms with Crippen molar-refractivity contribution in [1.29, 1.82) is 0 Å². The van der Waals surface area contributed by atoms with Crippen LogP contribution in [0.1, 0.15) is 61.1 Å². The molecule has 134 valence electrons. The second-order valence-corrected chi connectivity index (χ2v) is 8.11. The van der Waals surface area contributed by atoms with E-state index in [1.807, 2.05) is 6.07 Å². The molecular weight excluding hydrogens is 316 g/mol. The molecule has 0 N–H and O–H groups in total. The Bertz CT molecular complexity index is 787. The molecule has 2 aliphatic rings. The van der Waals surface area contributed by atoms with Gasteiger partial charge in [-0.05, 0) is 50.2 Å². The van der Waals surface area contributed by atoms with Crippen LogP contribution in [0.5, 0.6) is 0 Å². The third kappa shape index (κ3) is 3.05. The average molecular weight is 344 g/mol. The molecule has 3 atom stereocenters. The number of benzene rings is 2. The molecule has 26 heavy (non-hydrogen) atoms. The van der Waals surface area contributed by atoms with E-state index >= 15 is 0 Å². The van der Waals surface area contributed by atoms with Gasteiger partial charge in [0, 0.05) is 17.3 Å². The number of ketones is 1. The van der Waals surface area contributed by atoms with Crippen molar-refractivity contribution in [2.24, 2.45) is 11.3 Å². The number of fused-ring (bicyclic) bond motifs is 2. The third-order valence-corrected chi connectivity index (χ3v) is 6.50. The molecule has 1 nitrogen and oxygen atoms in total. The van der Waals surface area contributed by atoms with Crippen LogP contribution < -0.4 is 0 Å². The van der Waals surface area contributed by atoms with Gasteiger partial charge in [-0.15, -0.1) is 0 Å². The Labute approximate surface area is 157 Å². The smallest absolute Gasteiger partial charge is 0.143 e. The average Bonchev–Trinajstić information content (AvgIpc) is 2.69. The summed E-state index contributed by atoms with van der Waals surface area (Å²) in [7, 11) is 0. The zero-order valence-corrected chi connectivity index (χ0v) is 15.7. The molecule has 2 aliphatic carbocycles.